The summed E-state index contributed by atoms with van der Waals surface area (Å²) in [5.41, 5.74) is 1.32. The fraction of sp³-hybridized carbons (Fsp3) is 0.533. The summed E-state index contributed by atoms with van der Waals surface area (Å²) in [5, 5.41) is 6.03. The maximum absolute atomic E-state index is 10.9. The molecule has 1 saturated heterocycles. The molecule has 1 fully saturated rings. The lowest BCUT2D eigenvalue weighted by Gasteiger charge is -2.20. The number of hydrogen-bond acceptors (Lipinski definition) is 4. The minimum atomic E-state index is -0.373. The third-order valence-corrected chi connectivity index (χ3v) is 2.93. The number of hydrogen-bond donors (Lipinski definition) is 2. The van der Waals surface area contributed by atoms with E-state index in [-0.39, 0.29) is 17.7 Å². The van der Waals surface area contributed by atoms with Crippen LogP contribution in [0.25, 0.3) is 0 Å². The van der Waals surface area contributed by atoms with Gasteiger partial charge in [-0.3, -0.25) is 0 Å². The molecule has 0 aliphatic carbocycles. The van der Waals surface area contributed by atoms with E-state index in [9.17, 15) is 4.79 Å². The summed E-state index contributed by atoms with van der Waals surface area (Å²) in [6, 6.07) is 7.94. The van der Waals surface area contributed by atoms with Gasteiger partial charge >= 0.3 is 6.09 Å². The third-order valence-electron chi connectivity index (χ3n) is 2.93. The van der Waals surface area contributed by atoms with Crippen LogP contribution in [0.5, 0.6) is 5.75 Å². The second-order valence-corrected chi connectivity index (χ2v) is 5.97. The van der Waals surface area contributed by atoms with Gasteiger partial charge in [0.2, 0.25) is 0 Å². The lowest BCUT2D eigenvalue weighted by atomic mass is 10.1. The molecule has 5 nitrogen and oxygen atoms in total. The molecule has 0 aromatic heterocycles. The predicted molar refractivity (Wildman–Crippen MR) is 76.8 cm³/mol. The zero-order chi connectivity index (χ0) is 14.6. The quantitative estimate of drug-likeness (QED) is 0.865. The monoisotopic (exact) mass is 278 g/mol. The lowest BCUT2D eigenvalue weighted by Crippen LogP contribution is -2.35. The predicted octanol–water partition coefficient (Wildman–Crippen LogP) is 2.06. The Morgan fingerprint density at radius 2 is 2.05 bits per heavy atom. The SMILES string of the molecule is CC(C)(C)NCc1ccc(OCC2CNC(=O)O2)cc1. The van der Waals surface area contributed by atoms with Crippen molar-refractivity contribution in [3.63, 3.8) is 0 Å². The van der Waals surface area contributed by atoms with Crippen LogP contribution in [0.15, 0.2) is 24.3 Å². The number of ether oxygens (including phenoxy) is 2. The minimum Gasteiger partial charge on any atom is -0.490 e. The molecule has 1 atom stereocenters. The van der Waals surface area contributed by atoms with E-state index in [2.05, 4.69) is 31.4 Å². The Bertz CT molecular complexity index is 451. The Morgan fingerprint density at radius 3 is 2.60 bits per heavy atom. The molecular weight excluding hydrogens is 256 g/mol. The highest BCUT2D eigenvalue weighted by molar-refractivity contribution is 5.69. The maximum Gasteiger partial charge on any atom is 0.407 e. The van der Waals surface area contributed by atoms with Crippen LogP contribution in [0.2, 0.25) is 0 Å². The zero-order valence-corrected chi connectivity index (χ0v) is 12.2. The third kappa shape index (κ3) is 4.74. The summed E-state index contributed by atoms with van der Waals surface area (Å²) in [4.78, 5) is 10.9. The van der Waals surface area contributed by atoms with Crippen molar-refractivity contribution in [3.8, 4) is 5.75 Å². The normalized spacial score (nSPS) is 18.6. The number of carbonyl (C=O) groups is 1. The van der Waals surface area contributed by atoms with Crippen LogP contribution in [0.4, 0.5) is 4.79 Å². The Labute approximate surface area is 119 Å². The molecule has 1 amide bonds. The number of nitrogens with one attached hydrogen (secondary N) is 2. The van der Waals surface area contributed by atoms with Crippen LogP contribution in [0, 0.1) is 0 Å². The highest BCUT2D eigenvalue weighted by Crippen LogP contribution is 2.14. The van der Waals surface area contributed by atoms with Crippen molar-refractivity contribution >= 4 is 6.09 Å². The molecule has 1 aromatic carbocycles. The minimum absolute atomic E-state index is 0.106. The summed E-state index contributed by atoms with van der Waals surface area (Å²) in [6.45, 7) is 8.13. The van der Waals surface area contributed by atoms with E-state index in [1.165, 1.54) is 5.56 Å². The standard InChI is InChI=1S/C15H22N2O3/c1-15(2,3)17-8-11-4-6-12(7-5-11)19-10-13-9-16-14(18)20-13/h4-7,13,17H,8-10H2,1-3H3,(H,16,18). The largest absolute Gasteiger partial charge is 0.490 e. The van der Waals surface area contributed by atoms with Crippen molar-refractivity contribution in [2.75, 3.05) is 13.2 Å². The van der Waals surface area contributed by atoms with E-state index in [1.807, 2.05) is 24.3 Å². The molecule has 1 unspecified atom stereocenters. The van der Waals surface area contributed by atoms with Gasteiger partial charge in [0.15, 0.2) is 6.10 Å². The van der Waals surface area contributed by atoms with E-state index >= 15 is 0 Å². The average molecular weight is 278 g/mol. The molecule has 0 bridgehead atoms. The fourth-order valence-electron chi connectivity index (χ4n) is 1.78. The van der Waals surface area contributed by atoms with Gasteiger partial charge in [0.1, 0.15) is 12.4 Å². The maximum atomic E-state index is 10.9. The van der Waals surface area contributed by atoms with Crippen molar-refractivity contribution in [1.82, 2.24) is 10.6 Å². The van der Waals surface area contributed by atoms with Gasteiger partial charge in [-0.2, -0.15) is 0 Å². The number of carbonyl (C=O) groups excluding carboxylic acids is 1. The summed E-state index contributed by atoms with van der Waals surface area (Å²) < 4.78 is 10.6. The molecule has 1 heterocycles. The van der Waals surface area contributed by atoms with Gasteiger partial charge in [0.05, 0.1) is 6.54 Å². The molecule has 1 aliphatic heterocycles. The van der Waals surface area contributed by atoms with Crippen LogP contribution in [-0.4, -0.2) is 30.9 Å². The summed E-state index contributed by atoms with van der Waals surface area (Å²) in [6.07, 6.45) is -0.577. The van der Waals surface area contributed by atoms with Gasteiger partial charge in [0.25, 0.3) is 0 Å². The van der Waals surface area contributed by atoms with Gasteiger partial charge in [-0.15, -0.1) is 0 Å². The number of rotatable bonds is 5. The summed E-state index contributed by atoms with van der Waals surface area (Å²) >= 11 is 0. The Morgan fingerprint density at radius 1 is 1.35 bits per heavy atom. The molecule has 1 aromatic rings. The van der Waals surface area contributed by atoms with Gasteiger partial charge in [-0.1, -0.05) is 12.1 Å². The molecular formula is C15H22N2O3. The van der Waals surface area contributed by atoms with Gasteiger partial charge < -0.3 is 20.1 Å². The Hall–Kier alpha value is -1.75. The highest BCUT2D eigenvalue weighted by Gasteiger charge is 2.22. The van der Waals surface area contributed by atoms with Crippen LogP contribution >= 0.6 is 0 Å². The summed E-state index contributed by atoms with van der Waals surface area (Å²) in [5.74, 6) is 0.785. The molecule has 1 aliphatic rings. The zero-order valence-electron chi connectivity index (χ0n) is 12.2. The number of amides is 1. The van der Waals surface area contributed by atoms with E-state index in [4.69, 9.17) is 9.47 Å². The molecule has 20 heavy (non-hydrogen) atoms. The van der Waals surface area contributed by atoms with Crippen molar-refractivity contribution in [2.24, 2.45) is 0 Å². The van der Waals surface area contributed by atoms with E-state index in [1.54, 1.807) is 0 Å². The van der Waals surface area contributed by atoms with E-state index < -0.39 is 0 Å². The van der Waals surface area contributed by atoms with Crippen LogP contribution in [0.3, 0.4) is 0 Å². The molecule has 2 rings (SSSR count). The van der Waals surface area contributed by atoms with Crippen LogP contribution in [-0.2, 0) is 11.3 Å². The van der Waals surface area contributed by atoms with Crippen LogP contribution in [0.1, 0.15) is 26.3 Å². The number of cyclic esters (lactones) is 1. The first-order chi connectivity index (χ1) is 9.42. The summed E-state index contributed by atoms with van der Waals surface area (Å²) in [7, 11) is 0. The second kappa shape index (κ2) is 6.13. The topological polar surface area (TPSA) is 59.6 Å². The fourth-order valence-corrected chi connectivity index (χ4v) is 1.78. The van der Waals surface area contributed by atoms with Gasteiger partial charge in [0, 0.05) is 12.1 Å². The van der Waals surface area contributed by atoms with E-state index in [0.29, 0.717) is 13.2 Å². The first-order valence-corrected chi connectivity index (χ1v) is 6.84. The van der Waals surface area contributed by atoms with Crippen molar-refractivity contribution in [3.05, 3.63) is 29.8 Å². The van der Waals surface area contributed by atoms with E-state index in [0.717, 1.165) is 12.3 Å². The smallest absolute Gasteiger partial charge is 0.407 e. The molecule has 0 radical (unpaired) electrons. The molecule has 5 heteroatoms. The van der Waals surface area contributed by atoms with Crippen molar-refractivity contribution < 1.29 is 14.3 Å². The highest BCUT2D eigenvalue weighted by atomic mass is 16.6. The van der Waals surface area contributed by atoms with Crippen LogP contribution < -0.4 is 15.4 Å². The van der Waals surface area contributed by atoms with Crippen molar-refractivity contribution in [2.45, 2.75) is 39.0 Å². The number of benzene rings is 1. The van der Waals surface area contributed by atoms with Gasteiger partial charge in [-0.05, 0) is 38.5 Å². The first kappa shape index (κ1) is 14.7. The molecule has 2 N–H and O–H groups in total. The average Bonchev–Trinajstić information content (AvgIpc) is 2.80. The molecule has 0 spiro atoms. The number of alkyl carbamates (subject to hydrolysis) is 1. The first-order valence-electron chi connectivity index (χ1n) is 6.84. The van der Waals surface area contributed by atoms with Gasteiger partial charge in [-0.25, -0.2) is 4.79 Å². The Balaban J connectivity index is 1.78. The molecule has 110 valence electrons. The second-order valence-electron chi connectivity index (χ2n) is 5.97. The van der Waals surface area contributed by atoms with Crippen molar-refractivity contribution in [1.29, 1.82) is 0 Å². The Kier molecular flexibility index (Phi) is 4.49. The molecule has 0 saturated carbocycles. The lowest BCUT2D eigenvalue weighted by molar-refractivity contribution is 0.105.